The Bertz CT molecular complexity index is 2710. The Morgan fingerprint density at radius 2 is 1.08 bits per heavy atom. The molecule has 6 aromatic rings. The summed E-state index contributed by atoms with van der Waals surface area (Å²) in [7, 11) is -4.35. The molecule has 4 aromatic carbocycles. The first-order valence-electron chi connectivity index (χ1n) is 18.1. The first-order chi connectivity index (χ1) is 27.9. The monoisotopic (exact) mass is 895 g/mol. The van der Waals surface area contributed by atoms with Gasteiger partial charge in [0.2, 0.25) is 20.0 Å². The number of sulfonamides is 2. The van der Waals surface area contributed by atoms with Crippen LogP contribution in [0.4, 0.5) is 32.0 Å². The summed E-state index contributed by atoms with van der Waals surface area (Å²) in [4.78, 5) is 1.45. The number of aryl methyl sites for hydroxylation is 1. The number of hydrogen-bond acceptors (Lipinski definition) is 7. The molecule has 2 aromatic heterocycles. The van der Waals surface area contributed by atoms with E-state index in [1.54, 1.807) is 37.2 Å². The minimum absolute atomic E-state index is 0.127. The number of benzene rings is 4. The summed E-state index contributed by atoms with van der Waals surface area (Å²) in [5, 5.41) is 18.0. The van der Waals surface area contributed by atoms with Crippen LogP contribution in [0.1, 0.15) is 55.1 Å². The van der Waals surface area contributed by atoms with Crippen LogP contribution in [0.15, 0.2) is 107 Å². The van der Waals surface area contributed by atoms with Gasteiger partial charge in [0, 0.05) is 35.9 Å². The molecule has 0 aliphatic heterocycles. The SMILES string of the molecule is CC.CN(C)c1ccc(Cl)cc1-c1cc(C(F)(F)F)nn1-c1ccc(S(N)(=O)=O)cc1.Cc1ccc(C2CC2)cc1-c1cc(C(F)(F)F)nn1-c1ccc(S(N)(=O)=O)cc1. The maximum atomic E-state index is 13.4. The van der Waals surface area contributed by atoms with E-state index in [-0.39, 0.29) is 21.2 Å². The fourth-order valence-corrected chi connectivity index (χ4v) is 7.26. The number of alkyl halides is 6. The Kier molecular flexibility index (Phi) is 13.3. The highest BCUT2D eigenvalue weighted by molar-refractivity contribution is 7.89. The zero-order valence-electron chi connectivity index (χ0n) is 32.7. The fourth-order valence-electron chi connectivity index (χ4n) is 6.06. The summed E-state index contributed by atoms with van der Waals surface area (Å²) >= 11 is 6.09. The van der Waals surface area contributed by atoms with Crippen molar-refractivity contribution in [2.45, 2.75) is 61.7 Å². The molecule has 2 heterocycles. The molecule has 1 fully saturated rings. The first-order valence-corrected chi connectivity index (χ1v) is 21.6. The van der Waals surface area contributed by atoms with E-state index in [0.29, 0.717) is 39.1 Å². The highest BCUT2D eigenvalue weighted by atomic mass is 35.5. The van der Waals surface area contributed by atoms with Crippen molar-refractivity contribution in [1.82, 2.24) is 19.6 Å². The van der Waals surface area contributed by atoms with Crippen molar-refractivity contribution < 1.29 is 43.2 Å². The minimum atomic E-state index is -4.67. The number of nitrogens with two attached hydrogens (primary N) is 2. The molecule has 0 bridgehead atoms. The molecule has 0 unspecified atom stereocenters. The molecule has 0 radical (unpaired) electrons. The number of anilines is 1. The van der Waals surface area contributed by atoms with Crippen molar-refractivity contribution in [3.8, 4) is 33.9 Å². The van der Waals surface area contributed by atoms with Gasteiger partial charge in [-0.1, -0.05) is 37.6 Å². The summed E-state index contributed by atoms with van der Waals surface area (Å²) < 4.78 is 128. The average Bonchev–Trinajstić information content (AvgIpc) is 3.74. The molecule has 1 saturated carbocycles. The summed E-state index contributed by atoms with van der Waals surface area (Å²) in [6.45, 7) is 5.83. The Balaban J connectivity index is 0.000000219. The maximum absolute atomic E-state index is 13.4. The van der Waals surface area contributed by atoms with Gasteiger partial charge in [-0.05, 0) is 122 Å². The Hall–Kier alpha value is -5.21. The Labute approximate surface area is 348 Å². The second-order valence-electron chi connectivity index (χ2n) is 13.6. The van der Waals surface area contributed by atoms with Gasteiger partial charge in [0.1, 0.15) is 0 Å². The lowest BCUT2D eigenvalue weighted by atomic mass is 9.99. The largest absolute Gasteiger partial charge is 0.435 e. The number of halogens is 7. The van der Waals surface area contributed by atoms with Crippen molar-refractivity contribution in [1.29, 1.82) is 0 Å². The van der Waals surface area contributed by atoms with E-state index in [1.165, 1.54) is 53.2 Å². The van der Waals surface area contributed by atoms with E-state index in [0.717, 1.165) is 40.8 Å². The molecule has 0 atom stereocenters. The fraction of sp³-hybridized carbons (Fsp3) is 0.250. The second kappa shape index (κ2) is 17.4. The highest BCUT2D eigenvalue weighted by Gasteiger charge is 2.37. The Morgan fingerprint density at radius 3 is 1.47 bits per heavy atom. The van der Waals surface area contributed by atoms with Gasteiger partial charge in [-0.2, -0.15) is 36.5 Å². The molecule has 60 heavy (non-hydrogen) atoms. The summed E-state index contributed by atoms with van der Waals surface area (Å²) in [6, 6.07) is 23.0. The van der Waals surface area contributed by atoms with E-state index < -0.39 is 43.8 Å². The van der Waals surface area contributed by atoms with Crippen LogP contribution in [0.3, 0.4) is 0 Å². The van der Waals surface area contributed by atoms with Gasteiger partial charge in [-0.25, -0.2) is 36.5 Å². The molecule has 7 rings (SSSR count). The van der Waals surface area contributed by atoms with Gasteiger partial charge in [-0.3, -0.25) is 0 Å². The van der Waals surface area contributed by atoms with Crippen LogP contribution < -0.4 is 15.2 Å². The standard InChI is InChI=1S/C20H18F3N3O2S.C18H16ClF3N4O2S.C2H6/c1-12-2-3-14(13-4-5-13)10-17(12)18-11-19(20(21,22)23)25-26(18)15-6-8-16(9-7-15)29(24,27)28;1-25(2)15-8-3-11(19)9-14(15)16-10-17(18(20,21)22)24-26(16)12-4-6-13(7-5-12)29(23,27)28;1-2/h2-3,6-11,13H,4-5H2,1H3,(H2,24,27,28);3-10H,1-2H3,(H2,23,27,28);1-2H3. The number of nitrogens with zero attached hydrogens (tertiary/aromatic N) is 5. The lowest BCUT2D eigenvalue weighted by Gasteiger charge is -2.18. The number of hydrogen-bond donors (Lipinski definition) is 2. The Morgan fingerprint density at radius 1 is 0.650 bits per heavy atom. The third-order valence-electron chi connectivity index (χ3n) is 9.12. The van der Waals surface area contributed by atoms with Crippen LogP contribution in [-0.4, -0.2) is 50.5 Å². The quantitative estimate of drug-likeness (QED) is 0.144. The van der Waals surface area contributed by atoms with E-state index in [4.69, 9.17) is 21.9 Å². The van der Waals surface area contributed by atoms with E-state index in [1.807, 2.05) is 39.0 Å². The van der Waals surface area contributed by atoms with E-state index in [2.05, 4.69) is 10.2 Å². The lowest BCUT2D eigenvalue weighted by molar-refractivity contribution is -0.142. The van der Waals surface area contributed by atoms with Gasteiger partial charge in [0.05, 0.1) is 32.6 Å². The lowest BCUT2D eigenvalue weighted by Crippen LogP contribution is -2.12. The molecule has 1 aliphatic rings. The smallest absolute Gasteiger partial charge is 0.377 e. The van der Waals surface area contributed by atoms with Crippen molar-refractivity contribution in [2.24, 2.45) is 10.3 Å². The van der Waals surface area contributed by atoms with Gasteiger partial charge in [0.15, 0.2) is 11.4 Å². The second-order valence-corrected chi connectivity index (χ2v) is 17.2. The number of aromatic nitrogens is 4. The molecule has 1 aliphatic carbocycles. The average molecular weight is 896 g/mol. The highest BCUT2D eigenvalue weighted by Crippen LogP contribution is 2.43. The third-order valence-corrected chi connectivity index (χ3v) is 11.2. The van der Waals surface area contributed by atoms with Gasteiger partial charge in [-0.15, -0.1) is 0 Å². The summed E-state index contributed by atoms with van der Waals surface area (Å²) in [6.07, 6.45) is -7.13. The zero-order chi connectivity index (χ0) is 44.5. The van der Waals surface area contributed by atoms with Crippen molar-refractivity contribution >= 4 is 37.3 Å². The predicted molar refractivity (Wildman–Crippen MR) is 218 cm³/mol. The van der Waals surface area contributed by atoms with E-state index >= 15 is 0 Å². The molecule has 0 amide bonds. The van der Waals surface area contributed by atoms with Crippen molar-refractivity contribution in [2.75, 3.05) is 19.0 Å². The predicted octanol–water partition coefficient (Wildman–Crippen LogP) is 9.34. The molecular formula is C40H40ClF6N7O4S2. The van der Waals surface area contributed by atoms with E-state index in [9.17, 15) is 43.2 Å². The summed E-state index contributed by atoms with van der Waals surface area (Å²) in [5.74, 6) is 0.446. The molecule has 0 spiro atoms. The van der Waals surface area contributed by atoms with Gasteiger partial charge < -0.3 is 4.90 Å². The van der Waals surface area contributed by atoms with Crippen LogP contribution in [0.2, 0.25) is 5.02 Å². The molecular weight excluding hydrogens is 856 g/mol. The zero-order valence-corrected chi connectivity index (χ0v) is 35.1. The van der Waals surface area contributed by atoms with Gasteiger partial charge in [0.25, 0.3) is 0 Å². The van der Waals surface area contributed by atoms with Crippen LogP contribution in [-0.2, 0) is 32.4 Å². The molecule has 11 nitrogen and oxygen atoms in total. The topological polar surface area (TPSA) is 159 Å². The third kappa shape index (κ3) is 10.6. The number of rotatable bonds is 8. The van der Waals surface area contributed by atoms with Crippen LogP contribution in [0.5, 0.6) is 0 Å². The molecule has 4 N–H and O–H groups in total. The minimum Gasteiger partial charge on any atom is -0.377 e. The number of primary sulfonamides is 2. The molecule has 20 heteroatoms. The van der Waals surface area contributed by atoms with Gasteiger partial charge >= 0.3 is 12.4 Å². The molecule has 320 valence electrons. The normalized spacial score (nSPS) is 13.2. The summed E-state index contributed by atoms with van der Waals surface area (Å²) in [5.41, 5.74) is 2.51. The van der Waals surface area contributed by atoms with Crippen LogP contribution >= 0.6 is 11.6 Å². The van der Waals surface area contributed by atoms with Crippen LogP contribution in [0.25, 0.3) is 33.9 Å². The molecule has 0 saturated heterocycles. The van der Waals surface area contributed by atoms with Crippen LogP contribution in [0, 0.1) is 6.92 Å². The van der Waals surface area contributed by atoms with Crippen molar-refractivity contribution in [3.63, 3.8) is 0 Å². The van der Waals surface area contributed by atoms with Crippen molar-refractivity contribution in [3.05, 3.63) is 125 Å². The first kappa shape index (κ1) is 45.9. The maximum Gasteiger partial charge on any atom is 0.435 e.